The Morgan fingerprint density at radius 3 is 2.53 bits per heavy atom. The lowest BCUT2D eigenvalue weighted by molar-refractivity contribution is 0.117. The van der Waals surface area contributed by atoms with Gasteiger partial charge in [-0.1, -0.05) is 12.1 Å². The maximum absolute atomic E-state index is 12.6. The number of hydrogen-bond acceptors (Lipinski definition) is 4. The molecule has 2 unspecified atom stereocenters. The molecule has 0 N–H and O–H groups in total. The number of ether oxygens (including phenoxy) is 2. The summed E-state index contributed by atoms with van der Waals surface area (Å²) >= 11 is 0. The van der Waals surface area contributed by atoms with Gasteiger partial charge in [-0.2, -0.15) is 5.26 Å². The Hall–Kier alpha value is -2.09. The predicted octanol–water partition coefficient (Wildman–Crippen LogP) is 1.93. The molecule has 1 saturated heterocycles. The normalized spacial score (nSPS) is 24.1. The highest BCUT2D eigenvalue weighted by Gasteiger charge is 2.37. The topological polar surface area (TPSA) is 59.3 Å². The van der Waals surface area contributed by atoms with Crippen LogP contribution in [0.1, 0.15) is 11.7 Å². The molecule has 5 heteroatoms. The molecule has 4 nitrogen and oxygen atoms in total. The monoisotopic (exact) mass is 207 g/mol. The van der Waals surface area contributed by atoms with Gasteiger partial charge in [-0.15, -0.1) is 0 Å². The SMILES string of the molecule is N#CC1OC(=O)OC1c1ccc(F)cc1. The van der Waals surface area contributed by atoms with Crippen molar-refractivity contribution in [3.05, 3.63) is 35.6 Å². The van der Waals surface area contributed by atoms with E-state index in [2.05, 4.69) is 4.74 Å². The highest BCUT2D eigenvalue weighted by atomic mass is 19.1. The Morgan fingerprint density at radius 2 is 1.93 bits per heavy atom. The maximum Gasteiger partial charge on any atom is 0.510 e. The molecule has 1 heterocycles. The Balaban J connectivity index is 2.27. The van der Waals surface area contributed by atoms with Crippen molar-refractivity contribution in [1.29, 1.82) is 5.26 Å². The summed E-state index contributed by atoms with van der Waals surface area (Å²) in [5, 5.41) is 8.69. The van der Waals surface area contributed by atoms with Crippen LogP contribution in [0.5, 0.6) is 0 Å². The summed E-state index contributed by atoms with van der Waals surface area (Å²) in [5.74, 6) is -0.391. The van der Waals surface area contributed by atoms with E-state index in [1.807, 2.05) is 0 Å². The summed E-state index contributed by atoms with van der Waals surface area (Å²) in [6, 6.07) is 7.16. The van der Waals surface area contributed by atoms with Gasteiger partial charge in [-0.25, -0.2) is 9.18 Å². The Bertz CT molecular complexity index is 423. The molecule has 0 amide bonds. The van der Waals surface area contributed by atoms with Gasteiger partial charge in [0.15, 0.2) is 6.10 Å². The van der Waals surface area contributed by atoms with Crippen LogP contribution in [-0.2, 0) is 9.47 Å². The number of halogens is 1. The van der Waals surface area contributed by atoms with E-state index in [0.717, 1.165) is 0 Å². The Morgan fingerprint density at radius 1 is 1.27 bits per heavy atom. The lowest BCUT2D eigenvalue weighted by atomic mass is 10.1. The summed E-state index contributed by atoms with van der Waals surface area (Å²) < 4.78 is 22.0. The molecular formula is C10H6FNO3. The third kappa shape index (κ3) is 1.74. The number of carbonyl (C=O) groups is 1. The number of cyclic esters (lactones) is 2. The molecule has 0 aliphatic carbocycles. The van der Waals surface area contributed by atoms with Crippen LogP contribution in [-0.4, -0.2) is 12.3 Å². The summed E-state index contributed by atoms with van der Waals surface area (Å²) in [6.45, 7) is 0. The highest BCUT2D eigenvalue weighted by molar-refractivity contribution is 5.63. The summed E-state index contributed by atoms with van der Waals surface area (Å²) in [4.78, 5) is 10.8. The van der Waals surface area contributed by atoms with Crippen LogP contribution >= 0.6 is 0 Å². The van der Waals surface area contributed by atoms with Crippen molar-refractivity contribution in [2.75, 3.05) is 0 Å². The van der Waals surface area contributed by atoms with E-state index in [1.165, 1.54) is 24.3 Å². The zero-order valence-corrected chi connectivity index (χ0v) is 7.51. The van der Waals surface area contributed by atoms with E-state index in [-0.39, 0.29) is 0 Å². The summed E-state index contributed by atoms with van der Waals surface area (Å²) in [7, 11) is 0. The minimum Gasteiger partial charge on any atom is -0.421 e. The third-order valence-corrected chi connectivity index (χ3v) is 2.05. The lowest BCUT2D eigenvalue weighted by Gasteiger charge is -2.08. The molecule has 1 aliphatic rings. The zero-order chi connectivity index (χ0) is 10.8. The van der Waals surface area contributed by atoms with Gasteiger partial charge in [-0.3, -0.25) is 0 Å². The lowest BCUT2D eigenvalue weighted by Crippen LogP contribution is -2.12. The standard InChI is InChI=1S/C10H6FNO3/c11-7-3-1-6(2-4-7)9-8(5-12)14-10(13)15-9/h1-4,8-9H. The maximum atomic E-state index is 12.6. The second-order valence-corrected chi connectivity index (χ2v) is 3.01. The van der Waals surface area contributed by atoms with Gasteiger partial charge in [-0.05, 0) is 17.7 Å². The number of rotatable bonds is 1. The molecular weight excluding hydrogens is 201 g/mol. The third-order valence-electron chi connectivity index (χ3n) is 2.05. The second-order valence-electron chi connectivity index (χ2n) is 3.01. The molecule has 15 heavy (non-hydrogen) atoms. The van der Waals surface area contributed by atoms with Crippen molar-refractivity contribution in [2.45, 2.75) is 12.2 Å². The van der Waals surface area contributed by atoms with Gasteiger partial charge in [0.05, 0.1) is 0 Å². The fourth-order valence-electron chi connectivity index (χ4n) is 1.35. The van der Waals surface area contributed by atoms with Gasteiger partial charge in [0.1, 0.15) is 11.9 Å². The predicted molar refractivity (Wildman–Crippen MR) is 46.1 cm³/mol. The van der Waals surface area contributed by atoms with E-state index >= 15 is 0 Å². The van der Waals surface area contributed by atoms with E-state index in [9.17, 15) is 9.18 Å². The average molecular weight is 207 g/mol. The van der Waals surface area contributed by atoms with Crippen molar-refractivity contribution in [3.63, 3.8) is 0 Å². The zero-order valence-electron chi connectivity index (χ0n) is 7.51. The van der Waals surface area contributed by atoms with Crippen LogP contribution in [0.15, 0.2) is 24.3 Å². The molecule has 0 saturated carbocycles. The molecule has 0 spiro atoms. The molecule has 2 rings (SSSR count). The quantitative estimate of drug-likeness (QED) is 0.660. The van der Waals surface area contributed by atoms with E-state index < -0.39 is 24.2 Å². The van der Waals surface area contributed by atoms with Gasteiger partial charge in [0.2, 0.25) is 6.10 Å². The van der Waals surface area contributed by atoms with Crippen LogP contribution in [0.3, 0.4) is 0 Å². The van der Waals surface area contributed by atoms with Crippen LogP contribution < -0.4 is 0 Å². The first-order valence-corrected chi connectivity index (χ1v) is 4.23. The minimum absolute atomic E-state index is 0.391. The second kappa shape index (κ2) is 3.58. The fourth-order valence-corrected chi connectivity index (χ4v) is 1.35. The molecule has 2 atom stereocenters. The number of nitriles is 1. The Labute approximate surface area is 84.8 Å². The molecule has 1 aromatic rings. The van der Waals surface area contributed by atoms with Gasteiger partial charge in [0, 0.05) is 0 Å². The number of carbonyl (C=O) groups excluding carboxylic acids is 1. The number of nitrogens with zero attached hydrogens (tertiary/aromatic N) is 1. The van der Waals surface area contributed by atoms with Crippen molar-refractivity contribution >= 4 is 6.16 Å². The van der Waals surface area contributed by atoms with Crippen LogP contribution in [0.25, 0.3) is 0 Å². The van der Waals surface area contributed by atoms with Crippen LogP contribution in [0, 0.1) is 17.1 Å². The largest absolute Gasteiger partial charge is 0.510 e. The van der Waals surface area contributed by atoms with Crippen LogP contribution in [0.4, 0.5) is 9.18 Å². The molecule has 0 aromatic heterocycles. The first-order chi connectivity index (χ1) is 7.20. The van der Waals surface area contributed by atoms with Crippen molar-refractivity contribution in [1.82, 2.24) is 0 Å². The minimum atomic E-state index is -0.969. The first kappa shape index (κ1) is 9.46. The van der Waals surface area contributed by atoms with Crippen molar-refractivity contribution < 1.29 is 18.7 Å². The molecule has 1 aromatic carbocycles. The average Bonchev–Trinajstić information content (AvgIpc) is 2.61. The van der Waals surface area contributed by atoms with Crippen molar-refractivity contribution in [2.24, 2.45) is 0 Å². The fraction of sp³-hybridized carbons (Fsp3) is 0.200. The Kier molecular flexibility index (Phi) is 2.26. The van der Waals surface area contributed by atoms with Crippen LogP contribution in [0.2, 0.25) is 0 Å². The van der Waals surface area contributed by atoms with Gasteiger partial charge >= 0.3 is 6.16 Å². The van der Waals surface area contributed by atoms with Gasteiger partial charge < -0.3 is 9.47 Å². The molecule has 0 radical (unpaired) electrons. The van der Waals surface area contributed by atoms with Gasteiger partial charge in [0.25, 0.3) is 0 Å². The van der Waals surface area contributed by atoms with E-state index in [0.29, 0.717) is 5.56 Å². The molecule has 0 bridgehead atoms. The summed E-state index contributed by atoms with van der Waals surface area (Å²) in [5.41, 5.74) is 0.536. The van der Waals surface area contributed by atoms with E-state index in [4.69, 9.17) is 10.00 Å². The molecule has 1 fully saturated rings. The summed E-state index contributed by atoms with van der Waals surface area (Å²) in [6.07, 6.45) is -2.62. The number of hydrogen-bond donors (Lipinski definition) is 0. The smallest absolute Gasteiger partial charge is 0.421 e. The first-order valence-electron chi connectivity index (χ1n) is 4.23. The molecule has 76 valence electrons. The van der Waals surface area contributed by atoms with Crippen molar-refractivity contribution in [3.8, 4) is 6.07 Å². The highest BCUT2D eigenvalue weighted by Crippen LogP contribution is 2.29. The number of benzene rings is 1. The molecule has 1 aliphatic heterocycles. The van der Waals surface area contributed by atoms with E-state index in [1.54, 1.807) is 6.07 Å².